The first-order valence-corrected chi connectivity index (χ1v) is 4.80. The number of hydrogen-bond acceptors (Lipinski definition) is 3. The fraction of sp³-hybridized carbons (Fsp3) is 0.364. The Morgan fingerprint density at radius 3 is 3.00 bits per heavy atom. The molecular formula is C11H15NO3. The molecule has 0 aliphatic carbocycles. The summed E-state index contributed by atoms with van der Waals surface area (Å²) in [5.74, 6) is -0.119. The third kappa shape index (κ3) is 4.46. The predicted octanol–water partition coefficient (Wildman–Crippen LogP) is 0.912. The zero-order chi connectivity index (χ0) is 11.1. The van der Waals surface area contributed by atoms with Gasteiger partial charge < -0.3 is 15.2 Å². The maximum absolute atomic E-state index is 10.5. The van der Waals surface area contributed by atoms with E-state index in [-0.39, 0.29) is 6.42 Å². The van der Waals surface area contributed by atoms with Crippen molar-refractivity contribution in [3.63, 3.8) is 0 Å². The molecule has 1 aromatic rings. The SMILES string of the molecule is CNCCOc1cccc(CC(=O)O)c1. The zero-order valence-corrected chi connectivity index (χ0v) is 8.69. The van der Waals surface area contributed by atoms with Crippen molar-refractivity contribution in [1.82, 2.24) is 5.32 Å². The first-order chi connectivity index (χ1) is 7.22. The molecule has 0 aromatic heterocycles. The van der Waals surface area contributed by atoms with E-state index in [0.29, 0.717) is 12.4 Å². The van der Waals surface area contributed by atoms with Gasteiger partial charge in [-0.3, -0.25) is 4.79 Å². The lowest BCUT2D eigenvalue weighted by Gasteiger charge is -2.06. The highest BCUT2D eigenvalue weighted by Gasteiger charge is 2.01. The Hall–Kier alpha value is -1.55. The number of nitrogens with one attached hydrogen (secondary N) is 1. The average molecular weight is 209 g/mol. The molecule has 0 radical (unpaired) electrons. The number of carboxylic acids is 1. The van der Waals surface area contributed by atoms with Gasteiger partial charge in [0.15, 0.2) is 0 Å². The minimum absolute atomic E-state index is 0.0310. The van der Waals surface area contributed by atoms with Crippen LogP contribution < -0.4 is 10.1 Å². The molecule has 0 fully saturated rings. The molecule has 0 unspecified atom stereocenters. The van der Waals surface area contributed by atoms with Crippen LogP contribution in [-0.2, 0) is 11.2 Å². The van der Waals surface area contributed by atoms with Gasteiger partial charge in [-0.2, -0.15) is 0 Å². The molecular weight excluding hydrogens is 194 g/mol. The molecule has 82 valence electrons. The van der Waals surface area contributed by atoms with Crippen molar-refractivity contribution in [2.24, 2.45) is 0 Å². The molecule has 0 bridgehead atoms. The van der Waals surface area contributed by atoms with Gasteiger partial charge in [0.1, 0.15) is 12.4 Å². The fourth-order valence-corrected chi connectivity index (χ4v) is 1.19. The Balaban J connectivity index is 2.53. The molecule has 4 nitrogen and oxygen atoms in total. The summed E-state index contributed by atoms with van der Waals surface area (Å²) in [5, 5.41) is 11.6. The molecule has 0 amide bonds. The van der Waals surface area contributed by atoms with Gasteiger partial charge in [-0.1, -0.05) is 12.1 Å². The zero-order valence-electron chi connectivity index (χ0n) is 8.69. The van der Waals surface area contributed by atoms with Crippen LogP contribution in [0.25, 0.3) is 0 Å². The molecule has 15 heavy (non-hydrogen) atoms. The quantitative estimate of drug-likeness (QED) is 0.684. The molecule has 0 aliphatic heterocycles. The minimum atomic E-state index is -0.831. The highest BCUT2D eigenvalue weighted by Crippen LogP contribution is 2.13. The van der Waals surface area contributed by atoms with Crippen molar-refractivity contribution >= 4 is 5.97 Å². The molecule has 0 heterocycles. The Labute approximate surface area is 88.9 Å². The van der Waals surface area contributed by atoms with Gasteiger partial charge >= 0.3 is 5.97 Å². The van der Waals surface area contributed by atoms with Gasteiger partial charge in [-0.05, 0) is 24.7 Å². The van der Waals surface area contributed by atoms with E-state index < -0.39 is 5.97 Å². The lowest BCUT2D eigenvalue weighted by atomic mass is 10.1. The van der Waals surface area contributed by atoms with E-state index in [1.54, 1.807) is 18.2 Å². The second kappa shape index (κ2) is 6.03. The van der Waals surface area contributed by atoms with Crippen molar-refractivity contribution in [1.29, 1.82) is 0 Å². The van der Waals surface area contributed by atoms with Crippen LogP contribution in [0.3, 0.4) is 0 Å². The Bertz CT molecular complexity index is 325. The van der Waals surface area contributed by atoms with Crippen molar-refractivity contribution in [2.45, 2.75) is 6.42 Å². The summed E-state index contributed by atoms with van der Waals surface area (Å²) in [6.07, 6.45) is 0.0310. The fourth-order valence-electron chi connectivity index (χ4n) is 1.19. The van der Waals surface area contributed by atoms with E-state index in [1.807, 2.05) is 13.1 Å². The van der Waals surface area contributed by atoms with Crippen LogP contribution in [0.15, 0.2) is 24.3 Å². The van der Waals surface area contributed by atoms with Gasteiger partial charge in [0, 0.05) is 6.54 Å². The van der Waals surface area contributed by atoms with E-state index >= 15 is 0 Å². The minimum Gasteiger partial charge on any atom is -0.492 e. The number of benzene rings is 1. The van der Waals surface area contributed by atoms with E-state index in [1.165, 1.54) is 0 Å². The summed E-state index contributed by atoms with van der Waals surface area (Å²) in [6, 6.07) is 7.15. The van der Waals surface area contributed by atoms with Crippen LogP contribution in [0.5, 0.6) is 5.75 Å². The molecule has 0 saturated heterocycles. The van der Waals surface area contributed by atoms with E-state index in [9.17, 15) is 4.79 Å². The second-order valence-electron chi connectivity index (χ2n) is 3.17. The lowest BCUT2D eigenvalue weighted by molar-refractivity contribution is -0.136. The molecule has 0 atom stereocenters. The number of likely N-dealkylation sites (N-methyl/N-ethyl adjacent to an activating group) is 1. The number of carboxylic acid groups (broad SMARTS) is 1. The van der Waals surface area contributed by atoms with Gasteiger partial charge in [-0.25, -0.2) is 0 Å². The van der Waals surface area contributed by atoms with Crippen LogP contribution in [0, 0.1) is 0 Å². The number of aliphatic carboxylic acids is 1. The van der Waals surface area contributed by atoms with Crippen molar-refractivity contribution in [2.75, 3.05) is 20.2 Å². The van der Waals surface area contributed by atoms with E-state index in [4.69, 9.17) is 9.84 Å². The lowest BCUT2D eigenvalue weighted by Crippen LogP contribution is -2.16. The molecule has 1 aromatic carbocycles. The predicted molar refractivity (Wildman–Crippen MR) is 57.2 cm³/mol. The van der Waals surface area contributed by atoms with Crippen LogP contribution in [0.2, 0.25) is 0 Å². The molecule has 2 N–H and O–H groups in total. The summed E-state index contributed by atoms with van der Waals surface area (Å²) >= 11 is 0. The van der Waals surface area contributed by atoms with Crippen molar-refractivity contribution < 1.29 is 14.6 Å². The Kier molecular flexibility index (Phi) is 4.63. The van der Waals surface area contributed by atoms with Crippen LogP contribution >= 0.6 is 0 Å². The topological polar surface area (TPSA) is 58.6 Å². The van der Waals surface area contributed by atoms with Crippen LogP contribution in [-0.4, -0.2) is 31.3 Å². The molecule has 0 aliphatic rings. The highest BCUT2D eigenvalue weighted by molar-refractivity contribution is 5.70. The summed E-state index contributed by atoms with van der Waals surface area (Å²) < 4.78 is 5.41. The van der Waals surface area contributed by atoms with Gasteiger partial charge in [0.25, 0.3) is 0 Å². The first kappa shape index (κ1) is 11.5. The Morgan fingerprint density at radius 1 is 1.53 bits per heavy atom. The highest BCUT2D eigenvalue weighted by atomic mass is 16.5. The number of carbonyl (C=O) groups is 1. The molecule has 1 rings (SSSR count). The number of hydrogen-bond donors (Lipinski definition) is 2. The maximum Gasteiger partial charge on any atom is 0.307 e. The van der Waals surface area contributed by atoms with Crippen LogP contribution in [0.4, 0.5) is 0 Å². The maximum atomic E-state index is 10.5. The molecule has 0 spiro atoms. The smallest absolute Gasteiger partial charge is 0.307 e. The second-order valence-corrected chi connectivity index (χ2v) is 3.17. The monoisotopic (exact) mass is 209 g/mol. The Morgan fingerprint density at radius 2 is 2.33 bits per heavy atom. The summed E-state index contributed by atoms with van der Waals surface area (Å²) in [6.45, 7) is 1.34. The van der Waals surface area contributed by atoms with E-state index in [0.717, 1.165) is 12.1 Å². The van der Waals surface area contributed by atoms with Gasteiger partial charge in [0.2, 0.25) is 0 Å². The van der Waals surface area contributed by atoms with Gasteiger partial charge in [-0.15, -0.1) is 0 Å². The number of rotatable bonds is 6. The van der Waals surface area contributed by atoms with Crippen molar-refractivity contribution in [3.8, 4) is 5.75 Å². The van der Waals surface area contributed by atoms with Crippen LogP contribution in [0.1, 0.15) is 5.56 Å². The molecule has 4 heteroatoms. The first-order valence-electron chi connectivity index (χ1n) is 4.80. The summed E-state index contributed by atoms with van der Waals surface area (Å²) in [4.78, 5) is 10.5. The van der Waals surface area contributed by atoms with Crippen molar-refractivity contribution in [3.05, 3.63) is 29.8 Å². The standard InChI is InChI=1S/C11H15NO3/c1-12-5-6-15-10-4-2-3-9(7-10)8-11(13)14/h2-4,7,12H,5-6,8H2,1H3,(H,13,14). The summed E-state index contributed by atoms with van der Waals surface area (Å²) in [7, 11) is 1.85. The molecule has 0 saturated carbocycles. The number of ether oxygens (including phenoxy) is 1. The van der Waals surface area contributed by atoms with E-state index in [2.05, 4.69) is 5.32 Å². The third-order valence-corrected chi connectivity index (χ3v) is 1.87. The average Bonchev–Trinajstić information content (AvgIpc) is 2.18. The van der Waals surface area contributed by atoms with Gasteiger partial charge in [0.05, 0.1) is 6.42 Å². The summed E-state index contributed by atoms with van der Waals surface area (Å²) in [5.41, 5.74) is 0.754. The normalized spacial score (nSPS) is 9.93. The largest absolute Gasteiger partial charge is 0.492 e. The third-order valence-electron chi connectivity index (χ3n) is 1.87.